The Morgan fingerprint density at radius 1 is 1.12 bits per heavy atom. The molecule has 0 unspecified atom stereocenters. The van der Waals surface area contributed by atoms with E-state index in [1.54, 1.807) is 32.5 Å². The SMILES string of the molecule is COc1ccc(Cn2c(O)c3c(c2SCC(=O)Nc2ccccn2)CCCC3)cc1OC. The molecule has 1 aliphatic carbocycles. The second kappa shape index (κ2) is 9.99. The Morgan fingerprint density at radius 3 is 2.62 bits per heavy atom. The van der Waals surface area contributed by atoms with E-state index in [0.717, 1.165) is 47.4 Å². The number of fused-ring (bicyclic) bond motifs is 1. The van der Waals surface area contributed by atoms with Crippen molar-refractivity contribution in [2.24, 2.45) is 0 Å². The van der Waals surface area contributed by atoms with Crippen LogP contribution in [0.5, 0.6) is 17.4 Å². The summed E-state index contributed by atoms with van der Waals surface area (Å²) in [6, 6.07) is 11.1. The first-order valence-corrected chi connectivity index (χ1v) is 11.6. The zero-order valence-electron chi connectivity index (χ0n) is 18.3. The van der Waals surface area contributed by atoms with Gasteiger partial charge in [0.15, 0.2) is 17.4 Å². The van der Waals surface area contributed by atoms with Gasteiger partial charge in [-0.2, -0.15) is 0 Å². The first kappa shape index (κ1) is 22.1. The molecule has 0 spiro atoms. The molecule has 7 nitrogen and oxygen atoms in total. The molecule has 2 heterocycles. The average Bonchev–Trinajstić information content (AvgIpc) is 3.09. The number of ether oxygens (including phenoxy) is 2. The Kier molecular flexibility index (Phi) is 6.90. The van der Waals surface area contributed by atoms with E-state index in [4.69, 9.17) is 9.47 Å². The van der Waals surface area contributed by atoms with Crippen LogP contribution in [0, 0.1) is 0 Å². The lowest BCUT2D eigenvalue weighted by molar-refractivity contribution is -0.113. The fourth-order valence-corrected chi connectivity index (χ4v) is 5.08. The number of rotatable bonds is 8. The number of nitrogens with one attached hydrogen (secondary N) is 1. The summed E-state index contributed by atoms with van der Waals surface area (Å²) in [6.07, 6.45) is 5.55. The van der Waals surface area contributed by atoms with E-state index >= 15 is 0 Å². The molecule has 2 aromatic heterocycles. The maximum absolute atomic E-state index is 12.5. The van der Waals surface area contributed by atoms with Gasteiger partial charge in [-0.3, -0.25) is 4.79 Å². The predicted molar refractivity (Wildman–Crippen MR) is 125 cm³/mol. The first-order chi connectivity index (χ1) is 15.6. The second-order valence-corrected chi connectivity index (χ2v) is 8.58. The number of amides is 1. The lowest BCUT2D eigenvalue weighted by atomic mass is 9.95. The number of hydrogen-bond donors (Lipinski definition) is 2. The zero-order chi connectivity index (χ0) is 22.5. The van der Waals surface area contributed by atoms with E-state index in [1.165, 1.54) is 11.8 Å². The van der Waals surface area contributed by atoms with Gasteiger partial charge in [0, 0.05) is 11.8 Å². The van der Waals surface area contributed by atoms with E-state index < -0.39 is 0 Å². The number of carbonyl (C=O) groups excluding carboxylic acids is 1. The summed E-state index contributed by atoms with van der Waals surface area (Å²) in [5.74, 6) is 2.24. The molecule has 2 N–H and O–H groups in total. The van der Waals surface area contributed by atoms with Gasteiger partial charge in [-0.05, 0) is 61.1 Å². The average molecular weight is 454 g/mol. The molecule has 32 heavy (non-hydrogen) atoms. The van der Waals surface area contributed by atoms with Gasteiger partial charge in [-0.15, -0.1) is 0 Å². The van der Waals surface area contributed by atoms with E-state index in [1.807, 2.05) is 28.8 Å². The molecule has 0 bridgehead atoms. The molecule has 3 aromatic rings. The third kappa shape index (κ3) is 4.70. The monoisotopic (exact) mass is 453 g/mol. The molecule has 1 amide bonds. The van der Waals surface area contributed by atoms with E-state index in [0.29, 0.717) is 29.7 Å². The molecule has 0 aliphatic heterocycles. The number of methoxy groups -OCH3 is 2. The highest BCUT2D eigenvalue weighted by Crippen LogP contribution is 2.40. The number of benzene rings is 1. The van der Waals surface area contributed by atoms with Gasteiger partial charge in [0.1, 0.15) is 5.82 Å². The number of carbonyl (C=O) groups is 1. The maximum Gasteiger partial charge on any atom is 0.235 e. The fraction of sp³-hybridized carbons (Fsp3) is 0.333. The predicted octanol–water partition coefficient (Wildman–Crippen LogP) is 4.26. The van der Waals surface area contributed by atoms with Crippen LogP contribution >= 0.6 is 11.8 Å². The molecule has 0 atom stereocenters. The van der Waals surface area contributed by atoms with Gasteiger partial charge in [0.2, 0.25) is 5.91 Å². The van der Waals surface area contributed by atoms with Crippen molar-refractivity contribution in [1.29, 1.82) is 0 Å². The van der Waals surface area contributed by atoms with Gasteiger partial charge < -0.3 is 24.5 Å². The first-order valence-electron chi connectivity index (χ1n) is 10.6. The fourth-order valence-electron chi connectivity index (χ4n) is 4.03. The third-order valence-corrected chi connectivity index (χ3v) is 6.70. The molecule has 1 aromatic carbocycles. The zero-order valence-corrected chi connectivity index (χ0v) is 19.1. The number of anilines is 1. The number of hydrogen-bond acceptors (Lipinski definition) is 6. The summed E-state index contributed by atoms with van der Waals surface area (Å²) in [6.45, 7) is 0.476. The molecule has 168 valence electrons. The van der Waals surface area contributed by atoms with Gasteiger partial charge in [0.25, 0.3) is 0 Å². The summed E-state index contributed by atoms with van der Waals surface area (Å²) < 4.78 is 12.7. The summed E-state index contributed by atoms with van der Waals surface area (Å²) in [7, 11) is 3.21. The minimum Gasteiger partial charge on any atom is -0.494 e. The number of nitrogens with zero attached hydrogens (tertiary/aromatic N) is 2. The van der Waals surface area contributed by atoms with Crippen LogP contribution in [0.4, 0.5) is 5.82 Å². The number of aromatic nitrogens is 2. The van der Waals surface area contributed by atoms with Crippen molar-refractivity contribution in [2.75, 3.05) is 25.3 Å². The molecular formula is C24H27N3O4S. The van der Waals surface area contributed by atoms with Crippen molar-refractivity contribution >= 4 is 23.5 Å². The lowest BCUT2D eigenvalue weighted by Crippen LogP contribution is -2.15. The number of aromatic hydroxyl groups is 1. The standard InChI is InChI=1S/C24H27N3O4S/c1-30-19-11-10-16(13-20(19)31-2)14-27-23(29)17-7-3-4-8-18(17)24(27)32-15-22(28)26-21-9-5-6-12-25-21/h5-6,9-13,29H,3-4,7-8,14-15H2,1-2H3,(H,25,26,28). The van der Waals surface area contributed by atoms with E-state index in [-0.39, 0.29) is 11.7 Å². The summed E-state index contributed by atoms with van der Waals surface area (Å²) in [5.41, 5.74) is 3.14. The van der Waals surface area contributed by atoms with Gasteiger partial charge in [-0.1, -0.05) is 23.9 Å². The van der Waals surface area contributed by atoms with Crippen molar-refractivity contribution in [3.8, 4) is 17.4 Å². The van der Waals surface area contributed by atoms with Crippen molar-refractivity contribution < 1.29 is 19.4 Å². The van der Waals surface area contributed by atoms with Crippen LogP contribution in [0.2, 0.25) is 0 Å². The van der Waals surface area contributed by atoms with Crippen molar-refractivity contribution in [3.63, 3.8) is 0 Å². The van der Waals surface area contributed by atoms with Crippen molar-refractivity contribution in [3.05, 3.63) is 59.3 Å². The molecule has 8 heteroatoms. The highest BCUT2D eigenvalue weighted by Gasteiger charge is 2.25. The largest absolute Gasteiger partial charge is 0.494 e. The summed E-state index contributed by atoms with van der Waals surface area (Å²) in [4.78, 5) is 16.7. The third-order valence-electron chi connectivity index (χ3n) is 5.56. The minimum absolute atomic E-state index is 0.128. The quantitative estimate of drug-likeness (QED) is 0.496. The van der Waals surface area contributed by atoms with Gasteiger partial charge >= 0.3 is 0 Å². The Hall–Kier alpha value is -3.13. The molecule has 0 radical (unpaired) electrons. The van der Waals surface area contributed by atoms with Crippen LogP contribution in [0.15, 0.2) is 47.6 Å². The number of pyridine rings is 1. The Labute approximate surface area is 191 Å². The molecular weight excluding hydrogens is 426 g/mol. The number of thioether (sulfide) groups is 1. The van der Waals surface area contributed by atoms with Crippen molar-refractivity contribution in [2.45, 2.75) is 37.3 Å². The molecule has 4 rings (SSSR count). The van der Waals surface area contributed by atoms with E-state index in [9.17, 15) is 9.90 Å². The van der Waals surface area contributed by atoms with Crippen molar-refractivity contribution in [1.82, 2.24) is 9.55 Å². The molecule has 0 saturated carbocycles. The van der Waals surface area contributed by atoms with Crippen LogP contribution in [-0.4, -0.2) is 40.5 Å². The molecule has 0 fully saturated rings. The summed E-state index contributed by atoms with van der Waals surface area (Å²) in [5, 5.41) is 14.8. The van der Waals surface area contributed by atoms with Crippen LogP contribution in [0.3, 0.4) is 0 Å². The smallest absolute Gasteiger partial charge is 0.235 e. The highest BCUT2D eigenvalue weighted by atomic mass is 32.2. The Balaban J connectivity index is 1.58. The van der Waals surface area contributed by atoms with Crippen LogP contribution in [-0.2, 0) is 24.2 Å². The van der Waals surface area contributed by atoms with E-state index in [2.05, 4.69) is 10.3 Å². The highest BCUT2D eigenvalue weighted by molar-refractivity contribution is 8.00. The van der Waals surface area contributed by atoms with Crippen LogP contribution in [0.1, 0.15) is 29.5 Å². The van der Waals surface area contributed by atoms with Gasteiger partial charge in [0.05, 0.1) is 31.5 Å². The van der Waals surface area contributed by atoms with Crippen LogP contribution < -0.4 is 14.8 Å². The van der Waals surface area contributed by atoms with Gasteiger partial charge in [-0.25, -0.2) is 4.98 Å². The summed E-state index contributed by atoms with van der Waals surface area (Å²) >= 11 is 1.45. The van der Waals surface area contributed by atoms with Crippen LogP contribution in [0.25, 0.3) is 0 Å². The normalized spacial score (nSPS) is 12.8. The topological polar surface area (TPSA) is 85.6 Å². The maximum atomic E-state index is 12.5. The molecule has 1 aliphatic rings. The lowest BCUT2D eigenvalue weighted by Gasteiger charge is -2.14. The minimum atomic E-state index is -0.128. The Bertz CT molecular complexity index is 1100. The second-order valence-electron chi connectivity index (χ2n) is 7.62. The molecule has 0 saturated heterocycles. The Morgan fingerprint density at radius 2 is 1.91 bits per heavy atom.